The molecule has 8 heteroatoms. The van der Waals surface area contributed by atoms with Gasteiger partial charge in [-0.1, -0.05) is 35.3 Å². The summed E-state index contributed by atoms with van der Waals surface area (Å²) in [5.41, 5.74) is 1.00. The Morgan fingerprint density at radius 1 is 1.00 bits per heavy atom. The SMILES string of the molecule is Cl/C(=C\C=[N+]1CCCCC1)c1ccc(Cl)cc1.[O-][Cl+3]([O-])([O-])[O-]. The molecule has 0 spiro atoms. The van der Waals surface area contributed by atoms with Crippen LogP contribution in [0.1, 0.15) is 24.8 Å². The van der Waals surface area contributed by atoms with Crippen LogP contribution in [0.3, 0.4) is 0 Å². The highest BCUT2D eigenvalue weighted by molar-refractivity contribution is 6.49. The van der Waals surface area contributed by atoms with Crippen molar-refractivity contribution in [2.24, 2.45) is 0 Å². The van der Waals surface area contributed by atoms with Crippen LogP contribution < -0.4 is 18.6 Å². The Labute approximate surface area is 141 Å². The van der Waals surface area contributed by atoms with E-state index in [9.17, 15) is 0 Å². The van der Waals surface area contributed by atoms with Crippen molar-refractivity contribution in [1.82, 2.24) is 0 Å². The summed E-state index contributed by atoms with van der Waals surface area (Å²) in [6.45, 7) is 2.28. The summed E-state index contributed by atoms with van der Waals surface area (Å²) < 4.78 is 36.3. The second-order valence-electron chi connectivity index (χ2n) is 4.65. The highest BCUT2D eigenvalue weighted by Gasteiger charge is 2.09. The van der Waals surface area contributed by atoms with Crippen molar-refractivity contribution in [3.8, 4) is 0 Å². The summed E-state index contributed by atoms with van der Waals surface area (Å²) in [7, 11) is -4.94. The van der Waals surface area contributed by atoms with Crippen LogP contribution in [0.25, 0.3) is 5.03 Å². The Morgan fingerprint density at radius 2 is 1.50 bits per heavy atom. The molecule has 1 aliphatic rings. The number of hydrogen-bond acceptors (Lipinski definition) is 4. The van der Waals surface area contributed by atoms with Crippen molar-refractivity contribution < 1.29 is 33.5 Å². The second-order valence-corrected chi connectivity index (χ2v) is 6.24. The Balaban J connectivity index is 0.000000422. The van der Waals surface area contributed by atoms with E-state index in [1.807, 2.05) is 30.3 Å². The largest absolute Gasteiger partial charge is 0.236 e. The molecule has 0 bridgehead atoms. The first-order chi connectivity index (χ1) is 10.3. The topological polar surface area (TPSA) is 95.2 Å². The Kier molecular flexibility index (Phi) is 8.35. The molecule has 1 aromatic rings. The zero-order chi connectivity index (χ0) is 16.6. The number of piperidine rings is 1. The maximum Gasteiger partial charge on any atom is 0.164 e. The molecule has 0 radical (unpaired) electrons. The van der Waals surface area contributed by atoms with Gasteiger partial charge in [0.2, 0.25) is 0 Å². The van der Waals surface area contributed by atoms with Crippen molar-refractivity contribution in [1.29, 1.82) is 0 Å². The van der Waals surface area contributed by atoms with Crippen LogP contribution in [0.5, 0.6) is 0 Å². The predicted molar refractivity (Wildman–Crippen MR) is 75.2 cm³/mol. The van der Waals surface area contributed by atoms with Gasteiger partial charge in [-0.05, 0) is 24.1 Å². The molecule has 122 valence electrons. The van der Waals surface area contributed by atoms with E-state index in [1.165, 1.54) is 19.3 Å². The van der Waals surface area contributed by atoms with Gasteiger partial charge < -0.3 is 0 Å². The van der Waals surface area contributed by atoms with E-state index in [1.54, 1.807) is 0 Å². The lowest BCUT2D eigenvalue weighted by Gasteiger charge is -2.17. The minimum absolute atomic E-state index is 0.734. The van der Waals surface area contributed by atoms with Gasteiger partial charge in [-0.3, -0.25) is 0 Å². The fourth-order valence-electron chi connectivity index (χ4n) is 1.94. The molecule has 0 atom stereocenters. The van der Waals surface area contributed by atoms with Gasteiger partial charge >= 0.3 is 0 Å². The van der Waals surface area contributed by atoms with Gasteiger partial charge in [-0.25, -0.2) is 23.2 Å². The van der Waals surface area contributed by atoms with E-state index in [2.05, 4.69) is 10.8 Å². The average molecular weight is 369 g/mol. The number of hydrogen-bond donors (Lipinski definition) is 0. The lowest BCUT2D eigenvalue weighted by molar-refractivity contribution is -2.00. The fourth-order valence-corrected chi connectivity index (χ4v) is 2.25. The Bertz CT molecular complexity index is 510. The molecule has 0 N–H and O–H groups in total. The lowest BCUT2D eigenvalue weighted by Crippen LogP contribution is -2.68. The van der Waals surface area contributed by atoms with Gasteiger partial charge in [0.1, 0.15) is 13.1 Å². The zero-order valence-electron chi connectivity index (χ0n) is 11.7. The number of rotatable bonds is 2. The molecule has 1 aliphatic heterocycles. The number of halogens is 3. The average Bonchev–Trinajstić information content (AvgIpc) is 2.45. The molecule has 1 heterocycles. The number of benzene rings is 1. The monoisotopic (exact) mass is 367 g/mol. The molecule has 22 heavy (non-hydrogen) atoms. The molecule has 0 aromatic heterocycles. The standard InChI is InChI=1S/C14H16Cl2N.ClHO4/c15-13-6-4-12(5-7-13)14(16)8-11-17-9-2-1-3-10-17;2-1(3,4)5/h4-8,11H,1-3,9-10H2;(H,2,3,4,5)/q+1;/p-1/b14-8-;. The molecule has 0 aliphatic carbocycles. The second kappa shape index (κ2) is 9.47. The van der Waals surface area contributed by atoms with E-state index >= 15 is 0 Å². The molecule has 5 nitrogen and oxygen atoms in total. The summed E-state index contributed by atoms with van der Waals surface area (Å²) >= 11 is 12.1. The molecular formula is C14H16Cl3NO4. The quantitative estimate of drug-likeness (QED) is 0.653. The highest BCUT2D eigenvalue weighted by Crippen LogP contribution is 2.20. The predicted octanol–water partition coefficient (Wildman–Crippen LogP) is -0.569. The number of nitrogens with zero attached hydrogens (tertiary/aromatic N) is 1. The Morgan fingerprint density at radius 3 is 2.00 bits per heavy atom. The Hall–Kier alpha value is -0.660. The summed E-state index contributed by atoms with van der Waals surface area (Å²) in [6, 6.07) is 7.58. The van der Waals surface area contributed by atoms with Gasteiger partial charge in [-0.2, -0.15) is 0 Å². The van der Waals surface area contributed by atoms with Crippen molar-refractivity contribution in [2.75, 3.05) is 13.1 Å². The molecule has 0 amide bonds. The summed E-state index contributed by atoms with van der Waals surface area (Å²) in [5, 5.41) is 1.49. The maximum absolute atomic E-state index is 8.49. The van der Waals surface area contributed by atoms with Crippen LogP contribution in [0.2, 0.25) is 5.02 Å². The van der Waals surface area contributed by atoms with E-state index in [-0.39, 0.29) is 0 Å². The van der Waals surface area contributed by atoms with E-state index in [0.29, 0.717) is 0 Å². The molecular weight excluding hydrogens is 353 g/mol. The van der Waals surface area contributed by atoms with Crippen molar-refractivity contribution in [3.63, 3.8) is 0 Å². The molecule has 2 rings (SSSR count). The molecule has 0 saturated carbocycles. The first-order valence-electron chi connectivity index (χ1n) is 6.58. The van der Waals surface area contributed by atoms with Gasteiger partial charge in [0, 0.05) is 23.9 Å². The molecule has 1 fully saturated rings. The summed E-state index contributed by atoms with van der Waals surface area (Å²) in [4.78, 5) is 0. The first kappa shape index (κ1) is 19.4. The van der Waals surface area contributed by atoms with E-state index in [0.717, 1.165) is 28.7 Å². The van der Waals surface area contributed by atoms with Crippen molar-refractivity contribution >= 4 is 34.4 Å². The smallest absolute Gasteiger partial charge is 0.164 e. The normalized spacial score (nSPS) is 15.9. The summed E-state index contributed by atoms with van der Waals surface area (Å²) in [5.74, 6) is 0. The molecule has 1 aromatic carbocycles. The van der Waals surface area contributed by atoms with Crippen molar-refractivity contribution in [3.05, 3.63) is 40.9 Å². The van der Waals surface area contributed by atoms with Gasteiger partial charge in [-0.15, -0.1) is 10.2 Å². The fraction of sp³-hybridized carbons (Fsp3) is 0.357. The minimum Gasteiger partial charge on any atom is -0.236 e. The van der Waals surface area contributed by atoms with Crippen LogP contribution in [0.4, 0.5) is 0 Å². The zero-order valence-corrected chi connectivity index (χ0v) is 14.0. The minimum atomic E-state index is -4.94. The van der Waals surface area contributed by atoms with E-state index < -0.39 is 10.2 Å². The van der Waals surface area contributed by atoms with Crippen LogP contribution in [0, 0.1) is 10.2 Å². The van der Waals surface area contributed by atoms with Crippen LogP contribution >= 0.6 is 23.2 Å². The van der Waals surface area contributed by atoms with E-state index in [4.69, 9.17) is 41.8 Å². The van der Waals surface area contributed by atoms with Gasteiger partial charge in [0.15, 0.2) is 6.21 Å². The third kappa shape index (κ3) is 9.38. The van der Waals surface area contributed by atoms with Gasteiger partial charge in [0.05, 0.1) is 5.03 Å². The van der Waals surface area contributed by atoms with Crippen LogP contribution in [0.15, 0.2) is 30.3 Å². The molecule has 1 saturated heterocycles. The molecule has 0 unspecified atom stereocenters. The van der Waals surface area contributed by atoms with Crippen LogP contribution in [-0.4, -0.2) is 23.9 Å². The highest BCUT2D eigenvalue weighted by atomic mass is 35.7. The van der Waals surface area contributed by atoms with Gasteiger partial charge in [0.25, 0.3) is 0 Å². The van der Waals surface area contributed by atoms with Crippen LogP contribution in [-0.2, 0) is 0 Å². The maximum atomic E-state index is 8.49. The number of allylic oxidation sites excluding steroid dienone is 1. The summed E-state index contributed by atoms with van der Waals surface area (Å²) in [6.07, 6.45) is 7.97. The van der Waals surface area contributed by atoms with Crippen molar-refractivity contribution in [2.45, 2.75) is 19.3 Å². The lowest BCUT2D eigenvalue weighted by atomic mass is 10.1. The first-order valence-corrected chi connectivity index (χ1v) is 8.57. The third-order valence-electron chi connectivity index (χ3n) is 2.94. The third-order valence-corrected chi connectivity index (χ3v) is 3.54.